The van der Waals surface area contributed by atoms with Crippen molar-refractivity contribution in [3.05, 3.63) is 35.4 Å². The molecule has 0 aliphatic rings. The van der Waals surface area contributed by atoms with E-state index in [1.165, 1.54) is 0 Å². The molecule has 0 unspecified atom stereocenters. The number of benzene rings is 1. The van der Waals surface area contributed by atoms with E-state index in [2.05, 4.69) is 0 Å². The summed E-state index contributed by atoms with van der Waals surface area (Å²) < 4.78 is 0. The SMILES string of the molecule is Clc1ccccc1.[Li]. The summed E-state index contributed by atoms with van der Waals surface area (Å²) in [5, 5.41) is 0.794. The van der Waals surface area contributed by atoms with E-state index in [1.807, 2.05) is 30.3 Å². The fourth-order valence-corrected chi connectivity index (χ4v) is 0.560. The molecule has 1 radical (unpaired) electrons. The molecule has 0 heterocycles. The Morgan fingerprint density at radius 1 is 1.00 bits per heavy atom. The second-order valence-electron chi connectivity index (χ2n) is 1.30. The van der Waals surface area contributed by atoms with Gasteiger partial charge in [-0.1, -0.05) is 29.8 Å². The van der Waals surface area contributed by atoms with Crippen LogP contribution < -0.4 is 0 Å². The van der Waals surface area contributed by atoms with Crippen LogP contribution in [0, 0.1) is 0 Å². The van der Waals surface area contributed by atoms with E-state index < -0.39 is 0 Å². The largest absolute Gasteiger partial charge is 0.0843 e. The minimum atomic E-state index is 0. The molecule has 0 bridgehead atoms. The van der Waals surface area contributed by atoms with Gasteiger partial charge in [0.25, 0.3) is 0 Å². The molecular weight excluding hydrogens is 114 g/mol. The van der Waals surface area contributed by atoms with Crippen LogP contribution in [0.5, 0.6) is 0 Å². The molecule has 1 aromatic carbocycles. The Morgan fingerprint density at radius 2 is 1.50 bits per heavy atom. The van der Waals surface area contributed by atoms with Crippen LogP contribution in [0.1, 0.15) is 0 Å². The Labute approximate surface area is 66.0 Å². The molecule has 0 fully saturated rings. The predicted molar refractivity (Wildman–Crippen MR) is 37.2 cm³/mol. The van der Waals surface area contributed by atoms with Crippen LogP contribution in [-0.2, 0) is 0 Å². The first-order chi connectivity index (χ1) is 3.39. The standard InChI is InChI=1S/C6H5Cl.Li/c7-6-4-2-1-3-5-6;/h1-5H;. The van der Waals surface area contributed by atoms with E-state index in [0.29, 0.717) is 0 Å². The third kappa shape index (κ3) is 2.42. The van der Waals surface area contributed by atoms with Crippen LogP contribution in [0.25, 0.3) is 0 Å². The quantitative estimate of drug-likeness (QED) is 0.458. The zero-order chi connectivity index (χ0) is 5.11. The van der Waals surface area contributed by atoms with Crippen molar-refractivity contribution in [2.24, 2.45) is 0 Å². The molecule has 0 N–H and O–H groups in total. The molecule has 2 heteroatoms. The first-order valence-corrected chi connectivity index (χ1v) is 2.48. The maximum atomic E-state index is 5.54. The zero-order valence-electron chi connectivity index (χ0n) is 4.76. The maximum absolute atomic E-state index is 5.54. The van der Waals surface area contributed by atoms with Crippen molar-refractivity contribution in [1.82, 2.24) is 0 Å². The molecule has 8 heavy (non-hydrogen) atoms. The van der Waals surface area contributed by atoms with Crippen molar-refractivity contribution < 1.29 is 0 Å². The number of rotatable bonds is 0. The first-order valence-electron chi connectivity index (χ1n) is 2.10. The molecule has 1 aromatic rings. The third-order valence-corrected chi connectivity index (χ3v) is 0.985. The van der Waals surface area contributed by atoms with Gasteiger partial charge in [0.1, 0.15) is 0 Å². The average molecular weight is 119 g/mol. The van der Waals surface area contributed by atoms with Gasteiger partial charge in [0.15, 0.2) is 0 Å². The molecule has 0 saturated heterocycles. The second kappa shape index (κ2) is 4.03. The van der Waals surface area contributed by atoms with Gasteiger partial charge in [0.2, 0.25) is 0 Å². The summed E-state index contributed by atoms with van der Waals surface area (Å²) in [6, 6.07) is 9.44. The molecule has 0 amide bonds. The molecular formula is C6H5ClLi. The summed E-state index contributed by atoms with van der Waals surface area (Å²) in [5.74, 6) is 0. The van der Waals surface area contributed by atoms with E-state index in [1.54, 1.807) is 0 Å². The maximum Gasteiger partial charge on any atom is 0.0405 e. The smallest absolute Gasteiger partial charge is 0.0405 e. The third-order valence-electron chi connectivity index (χ3n) is 0.733. The van der Waals surface area contributed by atoms with Crippen molar-refractivity contribution in [3.8, 4) is 0 Å². The summed E-state index contributed by atoms with van der Waals surface area (Å²) >= 11 is 5.54. The van der Waals surface area contributed by atoms with Crippen LogP contribution in [0.3, 0.4) is 0 Å². The van der Waals surface area contributed by atoms with E-state index >= 15 is 0 Å². The first kappa shape index (κ1) is 8.11. The summed E-state index contributed by atoms with van der Waals surface area (Å²) in [7, 11) is 0. The van der Waals surface area contributed by atoms with Crippen molar-refractivity contribution in [3.63, 3.8) is 0 Å². The van der Waals surface area contributed by atoms with Gasteiger partial charge in [-0.15, -0.1) is 0 Å². The number of hydrogen-bond donors (Lipinski definition) is 0. The van der Waals surface area contributed by atoms with E-state index in [0.717, 1.165) is 5.02 Å². The Kier molecular flexibility index (Phi) is 4.09. The topological polar surface area (TPSA) is 0 Å². The van der Waals surface area contributed by atoms with Crippen molar-refractivity contribution in [2.75, 3.05) is 0 Å². The molecule has 37 valence electrons. The molecule has 0 spiro atoms. The normalized spacial score (nSPS) is 7.62. The fourth-order valence-electron chi connectivity index (χ4n) is 0.415. The van der Waals surface area contributed by atoms with Gasteiger partial charge in [-0.2, -0.15) is 0 Å². The van der Waals surface area contributed by atoms with Gasteiger partial charge < -0.3 is 0 Å². The Hall–Kier alpha value is 0.107. The van der Waals surface area contributed by atoms with E-state index in [4.69, 9.17) is 11.6 Å². The second-order valence-corrected chi connectivity index (χ2v) is 1.73. The zero-order valence-corrected chi connectivity index (χ0v) is 5.52. The predicted octanol–water partition coefficient (Wildman–Crippen LogP) is 1.96. The monoisotopic (exact) mass is 119 g/mol. The van der Waals surface area contributed by atoms with Gasteiger partial charge >= 0.3 is 0 Å². The van der Waals surface area contributed by atoms with Crippen LogP contribution in [0.4, 0.5) is 0 Å². The van der Waals surface area contributed by atoms with Gasteiger partial charge in [0.05, 0.1) is 0 Å². The van der Waals surface area contributed by atoms with Crippen LogP contribution in [0.2, 0.25) is 5.02 Å². The Balaban J connectivity index is 0.000000490. The number of halogens is 1. The van der Waals surface area contributed by atoms with Crippen LogP contribution in [-0.4, -0.2) is 18.9 Å². The van der Waals surface area contributed by atoms with Gasteiger partial charge in [-0.05, 0) is 12.1 Å². The summed E-state index contributed by atoms with van der Waals surface area (Å²) in [4.78, 5) is 0. The average Bonchev–Trinajstić information content (AvgIpc) is 1.69. The molecule has 0 atom stereocenters. The van der Waals surface area contributed by atoms with E-state index in [-0.39, 0.29) is 18.9 Å². The minimum Gasteiger partial charge on any atom is -0.0843 e. The fraction of sp³-hybridized carbons (Fsp3) is 0. The van der Waals surface area contributed by atoms with Crippen LogP contribution >= 0.6 is 11.6 Å². The summed E-state index contributed by atoms with van der Waals surface area (Å²) in [5.41, 5.74) is 0. The van der Waals surface area contributed by atoms with Crippen molar-refractivity contribution >= 4 is 30.5 Å². The minimum absolute atomic E-state index is 0. The molecule has 0 aliphatic carbocycles. The van der Waals surface area contributed by atoms with Crippen molar-refractivity contribution in [1.29, 1.82) is 0 Å². The van der Waals surface area contributed by atoms with Crippen LogP contribution in [0.15, 0.2) is 30.3 Å². The molecule has 0 aromatic heterocycles. The molecule has 0 saturated carbocycles. The van der Waals surface area contributed by atoms with E-state index in [9.17, 15) is 0 Å². The Bertz CT molecular complexity index is 138. The van der Waals surface area contributed by atoms with Gasteiger partial charge in [-0.3, -0.25) is 0 Å². The van der Waals surface area contributed by atoms with Crippen molar-refractivity contribution in [2.45, 2.75) is 0 Å². The Morgan fingerprint density at radius 3 is 1.75 bits per heavy atom. The molecule has 0 nitrogen and oxygen atoms in total. The summed E-state index contributed by atoms with van der Waals surface area (Å²) in [6.07, 6.45) is 0. The van der Waals surface area contributed by atoms with Gasteiger partial charge in [-0.25, -0.2) is 0 Å². The molecule has 0 aliphatic heterocycles. The molecule has 1 rings (SSSR count). The summed E-state index contributed by atoms with van der Waals surface area (Å²) in [6.45, 7) is 0. The van der Waals surface area contributed by atoms with Gasteiger partial charge in [0, 0.05) is 23.9 Å². The number of hydrogen-bond acceptors (Lipinski definition) is 0.